The van der Waals surface area contributed by atoms with E-state index in [1.54, 1.807) is 6.08 Å². The Labute approximate surface area is 120 Å². The lowest BCUT2D eigenvalue weighted by Gasteiger charge is -2.02. The number of hydrogen-bond donors (Lipinski definition) is 1. The van der Waals surface area contributed by atoms with Crippen LogP contribution in [0.2, 0.25) is 0 Å². The van der Waals surface area contributed by atoms with Gasteiger partial charge in [0.2, 0.25) is 0 Å². The molecule has 0 saturated heterocycles. The molecule has 0 radical (unpaired) electrons. The molecule has 0 fully saturated rings. The summed E-state index contributed by atoms with van der Waals surface area (Å²) >= 11 is 0. The SMILES string of the molecule is C=CC=CCCCCCCCCOC(=O)/C=C\C(=O)O. The van der Waals surface area contributed by atoms with Crippen LogP contribution < -0.4 is 0 Å². The van der Waals surface area contributed by atoms with Crippen LogP contribution in [-0.2, 0) is 14.3 Å². The van der Waals surface area contributed by atoms with Crippen LogP contribution in [0.15, 0.2) is 37.0 Å². The summed E-state index contributed by atoms with van der Waals surface area (Å²) in [5, 5.41) is 8.32. The molecule has 0 heterocycles. The van der Waals surface area contributed by atoms with Crippen LogP contribution in [0.3, 0.4) is 0 Å². The molecule has 0 bridgehead atoms. The minimum absolute atomic E-state index is 0.352. The summed E-state index contributed by atoms with van der Waals surface area (Å²) in [6.45, 7) is 3.97. The van der Waals surface area contributed by atoms with Crippen LogP contribution in [0.4, 0.5) is 0 Å². The number of ether oxygens (including phenoxy) is 1. The van der Waals surface area contributed by atoms with Gasteiger partial charge < -0.3 is 9.84 Å². The maximum atomic E-state index is 11.0. The molecule has 0 atom stereocenters. The number of aliphatic carboxylic acids is 1. The molecule has 4 nitrogen and oxygen atoms in total. The van der Waals surface area contributed by atoms with Crippen molar-refractivity contribution in [2.75, 3.05) is 6.61 Å². The molecule has 0 amide bonds. The fraction of sp³-hybridized carbons (Fsp3) is 0.500. The van der Waals surface area contributed by atoms with Crippen molar-refractivity contribution in [1.82, 2.24) is 0 Å². The summed E-state index contributed by atoms with van der Waals surface area (Å²) in [5.41, 5.74) is 0. The lowest BCUT2D eigenvalue weighted by Crippen LogP contribution is -2.03. The second-order valence-corrected chi connectivity index (χ2v) is 4.41. The number of unbranched alkanes of at least 4 members (excludes halogenated alkanes) is 6. The Hall–Kier alpha value is -1.84. The molecular weight excluding hydrogens is 256 g/mol. The Bertz CT molecular complexity index is 342. The molecule has 0 aromatic heterocycles. The Balaban J connectivity index is 3.28. The van der Waals surface area contributed by atoms with Crippen molar-refractivity contribution < 1.29 is 19.4 Å². The topological polar surface area (TPSA) is 63.6 Å². The van der Waals surface area contributed by atoms with Gasteiger partial charge in [0.25, 0.3) is 0 Å². The quantitative estimate of drug-likeness (QED) is 0.256. The van der Waals surface area contributed by atoms with Gasteiger partial charge in [-0.15, -0.1) is 0 Å². The van der Waals surface area contributed by atoms with Crippen molar-refractivity contribution in [2.24, 2.45) is 0 Å². The molecular formula is C16H24O4. The first kappa shape index (κ1) is 18.2. The zero-order valence-electron chi connectivity index (χ0n) is 11.9. The third kappa shape index (κ3) is 14.2. The first-order chi connectivity index (χ1) is 9.66. The average Bonchev–Trinajstić information content (AvgIpc) is 2.42. The molecule has 0 unspecified atom stereocenters. The maximum Gasteiger partial charge on any atom is 0.331 e. The molecule has 112 valence electrons. The molecule has 0 aromatic carbocycles. The number of hydrogen-bond acceptors (Lipinski definition) is 3. The number of rotatable bonds is 12. The minimum Gasteiger partial charge on any atom is -0.478 e. The summed E-state index contributed by atoms with van der Waals surface area (Å²) in [7, 11) is 0. The molecule has 20 heavy (non-hydrogen) atoms. The lowest BCUT2D eigenvalue weighted by atomic mass is 10.1. The number of carboxylic acids is 1. The van der Waals surface area contributed by atoms with Crippen LogP contribution in [-0.4, -0.2) is 23.7 Å². The van der Waals surface area contributed by atoms with Gasteiger partial charge in [0.15, 0.2) is 0 Å². The normalized spacial score (nSPS) is 11.0. The number of esters is 1. The number of carbonyl (C=O) groups is 2. The monoisotopic (exact) mass is 280 g/mol. The average molecular weight is 280 g/mol. The second-order valence-electron chi connectivity index (χ2n) is 4.41. The standard InChI is InChI=1S/C16H24O4/c1-2-3-4-5-6-7-8-9-10-11-14-20-16(19)13-12-15(17)18/h2-4,12-13H,1,5-11,14H2,(H,17,18)/b4-3?,13-12-. The zero-order valence-corrected chi connectivity index (χ0v) is 11.9. The van der Waals surface area contributed by atoms with Gasteiger partial charge in [-0.05, 0) is 19.3 Å². The van der Waals surface area contributed by atoms with Gasteiger partial charge in [-0.3, -0.25) is 0 Å². The number of allylic oxidation sites excluding steroid dienone is 3. The van der Waals surface area contributed by atoms with E-state index in [2.05, 4.69) is 12.7 Å². The molecule has 0 aliphatic rings. The van der Waals surface area contributed by atoms with Crippen LogP contribution in [0.25, 0.3) is 0 Å². The molecule has 0 saturated carbocycles. The lowest BCUT2D eigenvalue weighted by molar-refractivity contribution is -0.138. The first-order valence-corrected chi connectivity index (χ1v) is 7.02. The molecule has 4 heteroatoms. The van der Waals surface area contributed by atoms with Crippen molar-refractivity contribution >= 4 is 11.9 Å². The van der Waals surface area contributed by atoms with Gasteiger partial charge in [0, 0.05) is 12.2 Å². The van der Waals surface area contributed by atoms with E-state index in [0.717, 1.165) is 37.8 Å². The van der Waals surface area contributed by atoms with Gasteiger partial charge in [-0.25, -0.2) is 9.59 Å². The van der Waals surface area contributed by atoms with E-state index in [9.17, 15) is 9.59 Å². The van der Waals surface area contributed by atoms with Gasteiger partial charge in [0.1, 0.15) is 0 Å². The van der Waals surface area contributed by atoms with Crippen molar-refractivity contribution in [3.63, 3.8) is 0 Å². The van der Waals surface area contributed by atoms with E-state index >= 15 is 0 Å². The Morgan fingerprint density at radius 2 is 1.65 bits per heavy atom. The molecule has 0 aliphatic heterocycles. The van der Waals surface area contributed by atoms with Crippen molar-refractivity contribution in [3.8, 4) is 0 Å². The molecule has 0 rings (SSSR count). The highest BCUT2D eigenvalue weighted by atomic mass is 16.5. The van der Waals surface area contributed by atoms with Crippen molar-refractivity contribution in [3.05, 3.63) is 37.0 Å². The number of carboxylic acid groups (broad SMARTS) is 1. The largest absolute Gasteiger partial charge is 0.478 e. The molecule has 0 spiro atoms. The summed E-state index contributed by atoms with van der Waals surface area (Å²) < 4.78 is 4.86. The van der Waals surface area contributed by atoms with Crippen molar-refractivity contribution in [2.45, 2.75) is 44.9 Å². The highest BCUT2D eigenvalue weighted by molar-refractivity contribution is 5.90. The second kappa shape index (κ2) is 13.6. The summed E-state index contributed by atoms with van der Waals surface area (Å²) in [6, 6.07) is 0. The summed E-state index contributed by atoms with van der Waals surface area (Å²) in [6.07, 6.45) is 15.3. The van der Waals surface area contributed by atoms with Gasteiger partial charge in [-0.2, -0.15) is 0 Å². The highest BCUT2D eigenvalue weighted by Crippen LogP contribution is 2.07. The summed E-state index contributed by atoms with van der Waals surface area (Å²) in [4.78, 5) is 21.2. The van der Waals surface area contributed by atoms with E-state index in [4.69, 9.17) is 9.84 Å². The van der Waals surface area contributed by atoms with Gasteiger partial charge in [-0.1, -0.05) is 50.5 Å². The zero-order chi connectivity index (χ0) is 15.1. The van der Waals surface area contributed by atoms with E-state index in [1.165, 1.54) is 19.3 Å². The Kier molecular flexibility index (Phi) is 12.3. The van der Waals surface area contributed by atoms with Crippen molar-refractivity contribution in [1.29, 1.82) is 0 Å². The van der Waals surface area contributed by atoms with E-state index < -0.39 is 11.9 Å². The third-order valence-corrected chi connectivity index (χ3v) is 2.64. The van der Waals surface area contributed by atoms with Crippen LogP contribution in [0.5, 0.6) is 0 Å². The fourth-order valence-electron chi connectivity index (χ4n) is 1.62. The van der Waals surface area contributed by atoms with Crippen LogP contribution in [0, 0.1) is 0 Å². The Morgan fingerprint density at radius 3 is 2.30 bits per heavy atom. The van der Waals surface area contributed by atoms with E-state index in [-0.39, 0.29) is 0 Å². The van der Waals surface area contributed by atoms with Crippen LogP contribution in [0.1, 0.15) is 44.9 Å². The molecule has 0 aliphatic carbocycles. The van der Waals surface area contributed by atoms with Gasteiger partial charge >= 0.3 is 11.9 Å². The smallest absolute Gasteiger partial charge is 0.331 e. The Morgan fingerprint density at radius 1 is 1.00 bits per heavy atom. The van der Waals surface area contributed by atoms with Gasteiger partial charge in [0.05, 0.1) is 6.61 Å². The predicted octanol–water partition coefficient (Wildman–Crippen LogP) is 3.64. The van der Waals surface area contributed by atoms with E-state index in [1.807, 2.05) is 6.08 Å². The fourth-order valence-corrected chi connectivity index (χ4v) is 1.62. The maximum absolute atomic E-state index is 11.0. The highest BCUT2D eigenvalue weighted by Gasteiger charge is 1.98. The minimum atomic E-state index is -1.15. The third-order valence-electron chi connectivity index (χ3n) is 2.64. The molecule has 0 aromatic rings. The first-order valence-electron chi connectivity index (χ1n) is 7.02. The van der Waals surface area contributed by atoms with Crippen LogP contribution >= 0.6 is 0 Å². The summed E-state index contributed by atoms with van der Waals surface area (Å²) in [5.74, 6) is -1.74. The van der Waals surface area contributed by atoms with E-state index in [0.29, 0.717) is 6.61 Å². The predicted molar refractivity (Wildman–Crippen MR) is 79.4 cm³/mol. The molecule has 1 N–H and O–H groups in total. The number of carbonyl (C=O) groups excluding carboxylic acids is 1.